The van der Waals surface area contributed by atoms with Crippen molar-refractivity contribution in [2.24, 2.45) is 11.8 Å². The van der Waals surface area contributed by atoms with Crippen LogP contribution in [0.4, 0.5) is 4.39 Å². The van der Waals surface area contributed by atoms with Crippen LogP contribution in [0.1, 0.15) is 44.6 Å². The Bertz CT molecular complexity index is 379. The fourth-order valence-electron chi connectivity index (χ4n) is 3.06. The molecule has 1 aromatic rings. The van der Waals surface area contributed by atoms with E-state index in [1.54, 1.807) is 6.07 Å². The minimum absolute atomic E-state index is 0.215. The monoisotopic (exact) mass is 250 g/mol. The molecule has 2 rings (SSSR count). The van der Waals surface area contributed by atoms with Crippen molar-refractivity contribution in [1.29, 1.82) is 0 Å². The molecule has 3 unspecified atom stereocenters. The summed E-state index contributed by atoms with van der Waals surface area (Å²) >= 11 is 0. The van der Waals surface area contributed by atoms with Gasteiger partial charge >= 0.3 is 0 Å². The van der Waals surface area contributed by atoms with Gasteiger partial charge in [0.15, 0.2) is 0 Å². The van der Waals surface area contributed by atoms with Gasteiger partial charge in [0.05, 0.1) is 6.20 Å². The van der Waals surface area contributed by atoms with E-state index in [0.29, 0.717) is 11.8 Å². The molecule has 18 heavy (non-hydrogen) atoms. The van der Waals surface area contributed by atoms with Gasteiger partial charge in [0.25, 0.3) is 0 Å². The van der Waals surface area contributed by atoms with Crippen molar-refractivity contribution in [1.82, 2.24) is 10.3 Å². The Morgan fingerprint density at radius 2 is 2.22 bits per heavy atom. The van der Waals surface area contributed by atoms with Crippen LogP contribution in [0.5, 0.6) is 0 Å². The average molecular weight is 250 g/mol. The van der Waals surface area contributed by atoms with Gasteiger partial charge in [-0.15, -0.1) is 0 Å². The zero-order chi connectivity index (χ0) is 13.0. The zero-order valence-electron chi connectivity index (χ0n) is 11.3. The van der Waals surface area contributed by atoms with Gasteiger partial charge in [0.2, 0.25) is 0 Å². The van der Waals surface area contributed by atoms with E-state index in [1.807, 2.05) is 6.20 Å². The molecule has 100 valence electrons. The van der Waals surface area contributed by atoms with Gasteiger partial charge in [-0.25, -0.2) is 4.39 Å². The van der Waals surface area contributed by atoms with Crippen molar-refractivity contribution in [3.8, 4) is 0 Å². The standard InChI is InChI=1S/C15H23FN2/c1-3-17-8-12-5-4-11(2)6-15(12)13-7-14(16)10-18-9-13/h7,9-12,15,17H,3-6,8H2,1-2H3. The van der Waals surface area contributed by atoms with Crippen LogP contribution in [0.25, 0.3) is 0 Å². The number of rotatable bonds is 4. The number of nitrogens with zero attached hydrogens (tertiary/aromatic N) is 1. The van der Waals surface area contributed by atoms with E-state index in [-0.39, 0.29) is 5.82 Å². The Hall–Kier alpha value is -0.960. The van der Waals surface area contributed by atoms with Crippen LogP contribution in [0.3, 0.4) is 0 Å². The van der Waals surface area contributed by atoms with Gasteiger partial charge in [-0.05, 0) is 55.3 Å². The predicted molar refractivity (Wildman–Crippen MR) is 72.0 cm³/mol. The number of hydrogen-bond acceptors (Lipinski definition) is 2. The Morgan fingerprint density at radius 1 is 1.39 bits per heavy atom. The highest BCUT2D eigenvalue weighted by Gasteiger charge is 2.29. The molecule has 3 atom stereocenters. The van der Waals surface area contributed by atoms with Gasteiger partial charge in [0.1, 0.15) is 5.82 Å². The first-order valence-electron chi connectivity index (χ1n) is 7.01. The van der Waals surface area contributed by atoms with Crippen LogP contribution in [0.2, 0.25) is 0 Å². The summed E-state index contributed by atoms with van der Waals surface area (Å²) in [6.45, 7) is 6.46. The Kier molecular flexibility index (Phi) is 4.70. The number of aromatic nitrogens is 1. The van der Waals surface area contributed by atoms with Crippen molar-refractivity contribution in [2.75, 3.05) is 13.1 Å². The lowest BCUT2D eigenvalue weighted by atomic mass is 9.72. The Labute approximate surface area is 109 Å². The third-order valence-corrected chi connectivity index (χ3v) is 4.07. The molecule has 1 aromatic heterocycles. The second-order valence-corrected chi connectivity index (χ2v) is 5.53. The molecule has 0 bridgehead atoms. The second kappa shape index (κ2) is 6.28. The predicted octanol–water partition coefficient (Wildman–Crippen LogP) is 3.35. The normalized spacial score (nSPS) is 28.3. The first kappa shape index (κ1) is 13.5. The van der Waals surface area contributed by atoms with Crippen molar-refractivity contribution < 1.29 is 4.39 Å². The molecular weight excluding hydrogens is 227 g/mol. The van der Waals surface area contributed by atoms with Gasteiger partial charge < -0.3 is 5.32 Å². The van der Waals surface area contributed by atoms with Gasteiger partial charge in [-0.1, -0.05) is 20.3 Å². The first-order valence-corrected chi connectivity index (χ1v) is 7.01. The molecule has 1 saturated carbocycles. The lowest BCUT2D eigenvalue weighted by Gasteiger charge is -2.35. The lowest BCUT2D eigenvalue weighted by molar-refractivity contribution is 0.242. The van der Waals surface area contributed by atoms with Crippen molar-refractivity contribution in [2.45, 2.75) is 39.0 Å². The van der Waals surface area contributed by atoms with E-state index in [9.17, 15) is 4.39 Å². The minimum atomic E-state index is -0.215. The van der Waals surface area contributed by atoms with Crippen molar-refractivity contribution >= 4 is 0 Å². The summed E-state index contributed by atoms with van der Waals surface area (Å²) < 4.78 is 13.3. The fourth-order valence-corrected chi connectivity index (χ4v) is 3.06. The molecule has 1 aliphatic carbocycles. The summed E-state index contributed by atoms with van der Waals surface area (Å²) in [6.07, 6.45) is 6.80. The molecule has 0 aliphatic heterocycles. The summed E-state index contributed by atoms with van der Waals surface area (Å²) in [6, 6.07) is 1.66. The lowest BCUT2D eigenvalue weighted by Crippen LogP contribution is -2.31. The first-order chi connectivity index (χ1) is 8.70. The summed E-state index contributed by atoms with van der Waals surface area (Å²) in [5.41, 5.74) is 1.07. The number of nitrogens with one attached hydrogen (secondary N) is 1. The Balaban J connectivity index is 2.14. The van der Waals surface area contributed by atoms with Crippen LogP contribution in [-0.4, -0.2) is 18.1 Å². The van der Waals surface area contributed by atoms with E-state index in [4.69, 9.17) is 0 Å². The Morgan fingerprint density at radius 3 is 2.94 bits per heavy atom. The smallest absolute Gasteiger partial charge is 0.141 e. The molecule has 0 saturated heterocycles. The molecule has 0 amide bonds. The summed E-state index contributed by atoms with van der Waals surface area (Å²) in [4.78, 5) is 4.00. The number of halogens is 1. The maximum Gasteiger partial charge on any atom is 0.141 e. The molecule has 1 fully saturated rings. The van der Waals surface area contributed by atoms with Crippen LogP contribution >= 0.6 is 0 Å². The van der Waals surface area contributed by atoms with Crippen LogP contribution in [-0.2, 0) is 0 Å². The molecule has 1 N–H and O–H groups in total. The van der Waals surface area contributed by atoms with Crippen LogP contribution in [0.15, 0.2) is 18.5 Å². The fraction of sp³-hybridized carbons (Fsp3) is 0.667. The number of pyridine rings is 1. The quantitative estimate of drug-likeness (QED) is 0.886. The molecule has 0 aromatic carbocycles. The van der Waals surface area contributed by atoms with E-state index in [2.05, 4.69) is 24.1 Å². The largest absolute Gasteiger partial charge is 0.317 e. The maximum absolute atomic E-state index is 13.3. The second-order valence-electron chi connectivity index (χ2n) is 5.53. The van der Waals surface area contributed by atoms with Crippen molar-refractivity contribution in [3.05, 3.63) is 29.8 Å². The van der Waals surface area contributed by atoms with Gasteiger partial charge in [-0.2, -0.15) is 0 Å². The minimum Gasteiger partial charge on any atom is -0.317 e. The molecule has 0 radical (unpaired) electrons. The SMILES string of the molecule is CCNCC1CCC(C)CC1c1cncc(F)c1. The zero-order valence-corrected chi connectivity index (χ0v) is 11.3. The maximum atomic E-state index is 13.3. The molecule has 1 heterocycles. The number of hydrogen-bond donors (Lipinski definition) is 1. The molecule has 3 heteroatoms. The third kappa shape index (κ3) is 3.29. The summed E-state index contributed by atoms with van der Waals surface area (Å²) in [5, 5.41) is 3.43. The highest BCUT2D eigenvalue weighted by atomic mass is 19.1. The van der Waals surface area contributed by atoms with Gasteiger partial charge in [-0.3, -0.25) is 4.98 Å². The average Bonchev–Trinajstić information content (AvgIpc) is 2.37. The van der Waals surface area contributed by atoms with Crippen molar-refractivity contribution in [3.63, 3.8) is 0 Å². The van der Waals surface area contributed by atoms with E-state index < -0.39 is 0 Å². The van der Waals surface area contributed by atoms with Crippen LogP contribution in [0, 0.1) is 17.7 Å². The molecule has 1 aliphatic rings. The van der Waals surface area contributed by atoms with E-state index >= 15 is 0 Å². The molecule has 0 spiro atoms. The summed E-state index contributed by atoms with van der Waals surface area (Å²) in [5.74, 6) is 1.59. The third-order valence-electron chi connectivity index (χ3n) is 4.07. The highest BCUT2D eigenvalue weighted by molar-refractivity contribution is 5.18. The highest BCUT2D eigenvalue weighted by Crippen LogP contribution is 2.40. The molecular formula is C15H23FN2. The molecule has 2 nitrogen and oxygen atoms in total. The topological polar surface area (TPSA) is 24.9 Å². The van der Waals surface area contributed by atoms with E-state index in [0.717, 1.165) is 31.0 Å². The van der Waals surface area contributed by atoms with Gasteiger partial charge in [0, 0.05) is 6.20 Å². The van der Waals surface area contributed by atoms with Crippen LogP contribution < -0.4 is 5.32 Å². The van der Waals surface area contributed by atoms with E-state index in [1.165, 1.54) is 19.0 Å². The summed E-state index contributed by atoms with van der Waals surface area (Å²) in [7, 11) is 0.